The fraction of sp³-hybridized carbons (Fsp3) is 0.667. The van der Waals surface area contributed by atoms with E-state index in [1.807, 2.05) is 13.8 Å². The SMILES string of the molecule is C/C=C\C1=C(CC)CCCN1.CC. The molecular weight excluding hydrogens is 158 g/mol. The number of rotatable bonds is 2. The van der Waals surface area contributed by atoms with Gasteiger partial charge in [0.1, 0.15) is 0 Å². The summed E-state index contributed by atoms with van der Waals surface area (Å²) in [4.78, 5) is 0. The Morgan fingerprint density at radius 1 is 1.38 bits per heavy atom. The smallest absolute Gasteiger partial charge is 0.0328 e. The van der Waals surface area contributed by atoms with Crippen molar-refractivity contribution in [3.05, 3.63) is 23.4 Å². The lowest BCUT2D eigenvalue weighted by atomic mass is 10.0. The molecule has 1 nitrogen and oxygen atoms in total. The fourth-order valence-electron chi connectivity index (χ4n) is 1.50. The summed E-state index contributed by atoms with van der Waals surface area (Å²) in [5.74, 6) is 0. The minimum Gasteiger partial charge on any atom is -0.385 e. The molecule has 0 amide bonds. The zero-order chi connectivity index (χ0) is 10.1. The molecule has 1 aliphatic rings. The summed E-state index contributed by atoms with van der Waals surface area (Å²) < 4.78 is 0. The van der Waals surface area contributed by atoms with E-state index in [9.17, 15) is 0 Å². The third-order valence-electron chi connectivity index (χ3n) is 2.11. The molecule has 1 heterocycles. The Hall–Kier alpha value is -0.720. The van der Waals surface area contributed by atoms with Gasteiger partial charge in [0.15, 0.2) is 0 Å². The number of hydrogen-bond acceptors (Lipinski definition) is 1. The van der Waals surface area contributed by atoms with Gasteiger partial charge in [-0.25, -0.2) is 0 Å². The van der Waals surface area contributed by atoms with Crippen LogP contribution in [0.4, 0.5) is 0 Å². The summed E-state index contributed by atoms with van der Waals surface area (Å²) in [7, 11) is 0. The monoisotopic (exact) mass is 181 g/mol. The average Bonchev–Trinajstić information content (AvgIpc) is 2.22. The van der Waals surface area contributed by atoms with Crippen LogP contribution in [0.1, 0.15) is 47.0 Å². The number of nitrogens with one attached hydrogen (secondary N) is 1. The van der Waals surface area contributed by atoms with Crippen LogP contribution in [0.3, 0.4) is 0 Å². The maximum absolute atomic E-state index is 3.41. The molecule has 0 radical (unpaired) electrons. The van der Waals surface area contributed by atoms with E-state index in [2.05, 4.69) is 31.3 Å². The van der Waals surface area contributed by atoms with E-state index in [1.165, 1.54) is 25.0 Å². The topological polar surface area (TPSA) is 12.0 Å². The van der Waals surface area contributed by atoms with Crippen molar-refractivity contribution >= 4 is 0 Å². The number of allylic oxidation sites excluding steroid dienone is 3. The molecular formula is C12H23N. The second-order valence-electron chi connectivity index (χ2n) is 2.90. The highest BCUT2D eigenvalue weighted by molar-refractivity contribution is 5.25. The standard InChI is InChI=1S/C10H17N.C2H6/c1-3-6-10-9(4-2)7-5-8-11-10;1-2/h3,6,11H,4-5,7-8H2,1-2H3;1-2H3/b6-3-;. The molecule has 0 aromatic heterocycles. The van der Waals surface area contributed by atoms with Gasteiger partial charge in [-0.3, -0.25) is 0 Å². The molecule has 0 aromatic rings. The Balaban J connectivity index is 0.000000671. The first-order valence-electron chi connectivity index (χ1n) is 5.47. The third-order valence-corrected chi connectivity index (χ3v) is 2.11. The molecule has 1 heteroatoms. The minimum absolute atomic E-state index is 1.14. The zero-order valence-corrected chi connectivity index (χ0v) is 9.48. The van der Waals surface area contributed by atoms with Crippen LogP contribution >= 0.6 is 0 Å². The van der Waals surface area contributed by atoms with Crippen molar-refractivity contribution < 1.29 is 0 Å². The highest BCUT2D eigenvalue weighted by atomic mass is 14.9. The van der Waals surface area contributed by atoms with Gasteiger partial charge in [-0.1, -0.05) is 26.8 Å². The first kappa shape index (κ1) is 12.3. The molecule has 1 aliphatic heterocycles. The van der Waals surface area contributed by atoms with Crippen molar-refractivity contribution in [3.63, 3.8) is 0 Å². The second-order valence-corrected chi connectivity index (χ2v) is 2.90. The van der Waals surface area contributed by atoms with Crippen molar-refractivity contribution in [2.75, 3.05) is 6.54 Å². The van der Waals surface area contributed by atoms with Crippen LogP contribution in [0.25, 0.3) is 0 Å². The second kappa shape index (κ2) is 7.90. The molecule has 0 spiro atoms. The van der Waals surface area contributed by atoms with Gasteiger partial charge in [-0.15, -0.1) is 0 Å². The Bertz CT molecular complexity index is 178. The van der Waals surface area contributed by atoms with Gasteiger partial charge in [-0.05, 0) is 37.8 Å². The summed E-state index contributed by atoms with van der Waals surface area (Å²) >= 11 is 0. The van der Waals surface area contributed by atoms with E-state index in [-0.39, 0.29) is 0 Å². The molecule has 0 saturated carbocycles. The van der Waals surface area contributed by atoms with Crippen LogP contribution in [0.15, 0.2) is 23.4 Å². The predicted molar refractivity (Wildman–Crippen MR) is 60.7 cm³/mol. The Morgan fingerprint density at radius 2 is 2.08 bits per heavy atom. The van der Waals surface area contributed by atoms with Crippen molar-refractivity contribution in [2.24, 2.45) is 0 Å². The van der Waals surface area contributed by atoms with Crippen molar-refractivity contribution in [2.45, 2.75) is 47.0 Å². The third kappa shape index (κ3) is 4.16. The molecule has 0 aromatic carbocycles. The molecule has 0 fully saturated rings. The largest absolute Gasteiger partial charge is 0.385 e. The zero-order valence-electron chi connectivity index (χ0n) is 9.48. The summed E-state index contributed by atoms with van der Waals surface area (Å²) in [5, 5.41) is 3.41. The van der Waals surface area contributed by atoms with Crippen LogP contribution in [-0.2, 0) is 0 Å². The van der Waals surface area contributed by atoms with E-state index in [1.54, 1.807) is 5.57 Å². The highest BCUT2D eigenvalue weighted by Crippen LogP contribution is 2.17. The Kier molecular flexibility index (Phi) is 7.47. The van der Waals surface area contributed by atoms with Crippen LogP contribution in [0.2, 0.25) is 0 Å². The van der Waals surface area contributed by atoms with Gasteiger partial charge in [0.05, 0.1) is 0 Å². The molecule has 1 N–H and O–H groups in total. The molecule has 13 heavy (non-hydrogen) atoms. The van der Waals surface area contributed by atoms with Gasteiger partial charge in [-0.2, -0.15) is 0 Å². The summed E-state index contributed by atoms with van der Waals surface area (Å²) in [6, 6.07) is 0. The molecule has 0 atom stereocenters. The van der Waals surface area contributed by atoms with Crippen molar-refractivity contribution in [1.82, 2.24) is 5.32 Å². The summed E-state index contributed by atoms with van der Waals surface area (Å²) in [6.07, 6.45) is 8.04. The molecule has 0 bridgehead atoms. The van der Waals surface area contributed by atoms with Crippen LogP contribution in [0.5, 0.6) is 0 Å². The lowest BCUT2D eigenvalue weighted by Crippen LogP contribution is -2.20. The summed E-state index contributed by atoms with van der Waals surface area (Å²) in [6.45, 7) is 9.44. The lowest BCUT2D eigenvalue weighted by molar-refractivity contribution is 0.658. The van der Waals surface area contributed by atoms with Crippen LogP contribution in [-0.4, -0.2) is 6.54 Å². The maximum atomic E-state index is 3.41. The number of hydrogen-bond donors (Lipinski definition) is 1. The van der Waals surface area contributed by atoms with Crippen molar-refractivity contribution in [1.29, 1.82) is 0 Å². The Morgan fingerprint density at radius 3 is 2.62 bits per heavy atom. The van der Waals surface area contributed by atoms with Gasteiger partial charge in [0.2, 0.25) is 0 Å². The summed E-state index contributed by atoms with van der Waals surface area (Å²) in [5.41, 5.74) is 2.94. The van der Waals surface area contributed by atoms with Crippen LogP contribution in [0, 0.1) is 0 Å². The predicted octanol–water partition coefficient (Wildman–Crippen LogP) is 3.64. The van der Waals surface area contributed by atoms with Gasteiger partial charge in [0, 0.05) is 12.2 Å². The average molecular weight is 181 g/mol. The maximum Gasteiger partial charge on any atom is 0.0328 e. The van der Waals surface area contributed by atoms with Crippen molar-refractivity contribution in [3.8, 4) is 0 Å². The lowest BCUT2D eigenvalue weighted by Gasteiger charge is -2.18. The van der Waals surface area contributed by atoms with E-state index >= 15 is 0 Å². The van der Waals surface area contributed by atoms with E-state index in [4.69, 9.17) is 0 Å². The molecule has 76 valence electrons. The van der Waals surface area contributed by atoms with E-state index < -0.39 is 0 Å². The Labute approximate surface area is 82.9 Å². The molecule has 0 unspecified atom stereocenters. The van der Waals surface area contributed by atoms with Crippen LogP contribution < -0.4 is 5.32 Å². The van der Waals surface area contributed by atoms with Gasteiger partial charge < -0.3 is 5.32 Å². The minimum atomic E-state index is 1.14. The molecule has 0 aliphatic carbocycles. The first-order chi connectivity index (χ1) is 6.38. The molecule has 0 saturated heterocycles. The van der Waals surface area contributed by atoms with E-state index in [0.29, 0.717) is 0 Å². The quantitative estimate of drug-likeness (QED) is 0.686. The normalized spacial score (nSPS) is 16.6. The highest BCUT2D eigenvalue weighted by Gasteiger charge is 2.06. The van der Waals surface area contributed by atoms with Gasteiger partial charge >= 0.3 is 0 Å². The van der Waals surface area contributed by atoms with Gasteiger partial charge in [0.25, 0.3) is 0 Å². The first-order valence-corrected chi connectivity index (χ1v) is 5.47. The fourth-order valence-corrected chi connectivity index (χ4v) is 1.50. The molecule has 1 rings (SSSR count). The van der Waals surface area contributed by atoms with E-state index in [0.717, 1.165) is 6.54 Å².